The van der Waals surface area contributed by atoms with Crippen LogP contribution in [0.3, 0.4) is 0 Å². The van der Waals surface area contributed by atoms with Crippen molar-refractivity contribution in [1.29, 1.82) is 0 Å². The minimum Gasteiger partial charge on any atom is -0.466 e. The Morgan fingerprint density at radius 3 is 2.33 bits per heavy atom. The third kappa shape index (κ3) is 3.85. The predicted octanol–water partition coefficient (Wildman–Crippen LogP) is 3.26. The summed E-state index contributed by atoms with van der Waals surface area (Å²) in [5, 5.41) is 0. The monoisotopic (exact) mass is 252 g/mol. The van der Waals surface area contributed by atoms with Gasteiger partial charge >= 0.3 is 0 Å². The third-order valence-electron chi connectivity index (χ3n) is 3.86. The number of aryl methyl sites for hydroxylation is 2. The molecule has 104 valence electrons. The van der Waals surface area contributed by atoms with Crippen molar-refractivity contribution in [3.63, 3.8) is 0 Å². The molecule has 0 bridgehead atoms. The van der Waals surface area contributed by atoms with Crippen molar-refractivity contribution in [2.75, 3.05) is 13.6 Å². The molecule has 0 spiro atoms. The first-order chi connectivity index (χ1) is 8.32. The Balaban J connectivity index is 2.56. The van der Waals surface area contributed by atoms with E-state index in [0.717, 1.165) is 24.5 Å². The van der Waals surface area contributed by atoms with Gasteiger partial charge in [0.15, 0.2) is 0 Å². The standard InChI is InChI=1S/C15H28N2O/c1-10(2)15(16)7-8-17(6)12(4)14-9-11(3)18-13(14)5/h9-10,12,15H,7-8,16H2,1-6H3. The van der Waals surface area contributed by atoms with Crippen LogP contribution in [0.2, 0.25) is 0 Å². The van der Waals surface area contributed by atoms with Crippen LogP contribution < -0.4 is 5.73 Å². The molecule has 0 aliphatic rings. The van der Waals surface area contributed by atoms with E-state index in [2.05, 4.69) is 38.8 Å². The van der Waals surface area contributed by atoms with E-state index in [0.29, 0.717) is 12.0 Å². The van der Waals surface area contributed by atoms with Gasteiger partial charge in [0.1, 0.15) is 11.5 Å². The van der Waals surface area contributed by atoms with Crippen molar-refractivity contribution in [3.8, 4) is 0 Å². The van der Waals surface area contributed by atoms with E-state index >= 15 is 0 Å². The third-order valence-corrected chi connectivity index (χ3v) is 3.86. The molecule has 0 aromatic carbocycles. The summed E-state index contributed by atoms with van der Waals surface area (Å²) in [6, 6.07) is 2.80. The predicted molar refractivity (Wildman–Crippen MR) is 76.7 cm³/mol. The number of rotatable bonds is 6. The molecule has 0 aliphatic carbocycles. The molecule has 1 heterocycles. The maximum atomic E-state index is 6.09. The molecule has 2 atom stereocenters. The fourth-order valence-corrected chi connectivity index (χ4v) is 2.18. The zero-order chi connectivity index (χ0) is 13.9. The lowest BCUT2D eigenvalue weighted by Crippen LogP contribution is -2.33. The van der Waals surface area contributed by atoms with Gasteiger partial charge in [-0.25, -0.2) is 0 Å². The zero-order valence-electron chi connectivity index (χ0n) is 12.7. The van der Waals surface area contributed by atoms with Crippen molar-refractivity contribution in [2.24, 2.45) is 11.7 Å². The second kappa shape index (κ2) is 6.39. The van der Waals surface area contributed by atoms with Crippen LogP contribution in [0.25, 0.3) is 0 Å². The van der Waals surface area contributed by atoms with Gasteiger partial charge in [-0.2, -0.15) is 0 Å². The fourth-order valence-electron chi connectivity index (χ4n) is 2.18. The number of hydrogen-bond acceptors (Lipinski definition) is 3. The van der Waals surface area contributed by atoms with Crippen molar-refractivity contribution < 1.29 is 4.42 Å². The Morgan fingerprint density at radius 1 is 1.28 bits per heavy atom. The minimum absolute atomic E-state index is 0.284. The maximum absolute atomic E-state index is 6.09. The quantitative estimate of drug-likeness (QED) is 0.845. The number of nitrogens with two attached hydrogens (primary N) is 1. The van der Waals surface area contributed by atoms with Crippen molar-refractivity contribution in [3.05, 3.63) is 23.2 Å². The molecule has 0 saturated heterocycles. The second-order valence-electron chi connectivity index (χ2n) is 5.72. The summed E-state index contributed by atoms with van der Waals surface area (Å²) in [4.78, 5) is 2.35. The van der Waals surface area contributed by atoms with Crippen LogP contribution in [0.5, 0.6) is 0 Å². The Bertz CT molecular complexity index is 371. The van der Waals surface area contributed by atoms with Gasteiger partial charge in [0, 0.05) is 17.6 Å². The SMILES string of the molecule is Cc1cc(C(C)N(C)CCC(N)C(C)C)c(C)o1. The zero-order valence-corrected chi connectivity index (χ0v) is 12.7. The molecule has 1 rings (SSSR count). The molecule has 2 unspecified atom stereocenters. The molecule has 0 radical (unpaired) electrons. The van der Waals surface area contributed by atoms with Crippen molar-refractivity contribution >= 4 is 0 Å². The van der Waals surface area contributed by atoms with Gasteiger partial charge in [-0.15, -0.1) is 0 Å². The summed E-state index contributed by atoms with van der Waals surface area (Å²) >= 11 is 0. The molecule has 0 saturated carbocycles. The molecule has 0 fully saturated rings. The Morgan fingerprint density at radius 2 is 1.89 bits per heavy atom. The number of furan rings is 1. The number of nitrogens with zero attached hydrogens (tertiary/aromatic N) is 1. The topological polar surface area (TPSA) is 42.4 Å². The molecule has 3 nitrogen and oxygen atoms in total. The van der Waals surface area contributed by atoms with Crippen molar-refractivity contribution in [2.45, 2.75) is 53.1 Å². The van der Waals surface area contributed by atoms with Crippen LogP contribution in [-0.2, 0) is 0 Å². The van der Waals surface area contributed by atoms with E-state index in [9.17, 15) is 0 Å². The van der Waals surface area contributed by atoms with Crippen LogP contribution in [0.15, 0.2) is 10.5 Å². The van der Waals surface area contributed by atoms with Gasteiger partial charge in [0.25, 0.3) is 0 Å². The molecule has 2 N–H and O–H groups in total. The number of hydrogen-bond donors (Lipinski definition) is 1. The molecule has 18 heavy (non-hydrogen) atoms. The van der Waals surface area contributed by atoms with E-state index in [4.69, 9.17) is 10.2 Å². The molecule has 1 aromatic rings. The maximum Gasteiger partial charge on any atom is 0.105 e. The van der Waals surface area contributed by atoms with E-state index in [1.165, 1.54) is 5.56 Å². The Labute approximate surface area is 111 Å². The normalized spacial score (nSPS) is 15.4. The average Bonchev–Trinajstić information content (AvgIpc) is 2.63. The Kier molecular flexibility index (Phi) is 5.42. The summed E-state index contributed by atoms with van der Waals surface area (Å²) in [5.74, 6) is 2.56. The Hall–Kier alpha value is -0.800. The van der Waals surface area contributed by atoms with Crippen LogP contribution in [0.1, 0.15) is 50.3 Å². The summed E-state index contributed by atoms with van der Waals surface area (Å²) in [5.41, 5.74) is 7.38. The van der Waals surface area contributed by atoms with Gasteiger partial charge in [0.2, 0.25) is 0 Å². The van der Waals surface area contributed by atoms with Gasteiger partial charge in [0.05, 0.1) is 0 Å². The second-order valence-corrected chi connectivity index (χ2v) is 5.72. The first-order valence-electron chi connectivity index (χ1n) is 6.85. The summed E-state index contributed by atoms with van der Waals surface area (Å²) in [7, 11) is 2.15. The fraction of sp³-hybridized carbons (Fsp3) is 0.733. The molecular weight excluding hydrogens is 224 g/mol. The molecule has 1 aromatic heterocycles. The van der Waals surface area contributed by atoms with Gasteiger partial charge in [-0.3, -0.25) is 4.90 Å². The molecule has 0 aliphatic heterocycles. The van der Waals surface area contributed by atoms with Crippen LogP contribution >= 0.6 is 0 Å². The van der Waals surface area contributed by atoms with Gasteiger partial charge in [-0.05, 0) is 52.8 Å². The smallest absolute Gasteiger partial charge is 0.105 e. The first kappa shape index (κ1) is 15.3. The largest absolute Gasteiger partial charge is 0.466 e. The highest BCUT2D eigenvalue weighted by molar-refractivity contribution is 5.23. The highest BCUT2D eigenvalue weighted by Gasteiger charge is 2.18. The summed E-state index contributed by atoms with van der Waals surface area (Å²) in [6.07, 6.45) is 1.04. The highest BCUT2D eigenvalue weighted by Crippen LogP contribution is 2.25. The van der Waals surface area contributed by atoms with E-state index in [1.54, 1.807) is 0 Å². The van der Waals surface area contributed by atoms with Crippen molar-refractivity contribution in [1.82, 2.24) is 4.90 Å². The summed E-state index contributed by atoms with van der Waals surface area (Å²) < 4.78 is 5.60. The first-order valence-corrected chi connectivity index (χ1v) is 6.85. The van der Waals surface area contributed by atoms with Gasteiger partial charge < -0.3 is 10.2 Å². The summed E-state index contributed by atoms with van der Waals surface area (Å²) in [6.45, 7) is 11.6. The molecular formula is C15H28N2O. The van der Waals surface area contributed by atoms with Gasteiger partial charge in [-0.1, -0.05) is 13.8 Å². The molecule has 0 amide bonds. The lowest BCUT2D eigenvalue weighted by Gasteiger charge is -2.26. The highest BCUT2D eigenvalue weighted by atomic mass is 16.3. The van der Waals surface area contributed by atoms with E-state index < -0.39 is 0 Å². The van der Waals surface area contributed by atoms with Crippen LogP contribution in [-0.4, -0.2) is 24.5 Å². The average molecular weight is 252 g/mol. The lowest BCUT2D eigenvalue weighted by molar-refractivity contribution is 0.241. The van der Waals surface area contributed by atoms with Crippen LogP contribution in [0.4, 0.5) is 0 Å². The van der Waals surface area contributed by atoms with E-state index in [-0.39, 0.29) is 6.04 Å². The molecule has 3 heteroatoms. The lowest BCUT2D eigenvalue weighted by atomic mass is 10.0. The van der Waals surface area contributed by atoms with Crippen LogP contribution in [0, 0.1) is 19.8 Å². The minimum atomic E-state index is 0.284. The van der Waals surface area contributed by atoms with E-state index in [1.807, 2.05) is 13.8 Å².